The van der Waals surface area contributed by atoms with Crippen LogP contribution in [0.4, 0.5) is 13.2 Å². The summed E-state index contributed by atoms with van der Waals surface area (Å²) >= 11 is 0. The highest BCUT2D eigenvalue weighted by atomic mass is 19.4. The SMILES string of the molecule is O=C(O)[C@@H]1CN(C(=O)COc2ccc3ccc(=O)oc3c2)C[C@H]1C(F)(F)F. The van der Waals surface area contributed by atoms with Gasteiger partial charge >= 0.3 is 17.8 Å². The Morgan fingerprint density at radius 2 is 1.93 bits per heavy atom. The van der Waals surface area contributed by atoms with Gasteiger partial charge in [-0.15, -0.1) is 0 Å². The van der Waals surface area contributed by atoms with Gasteiger partial charge in [-0.25, -0.2) is 4.79 Å². The molecule has 0 aliphatic carbocycles. The van der Waals surface area contributed by atoms with Gasteiger partial charge in [0.05, 0.1) is 11.8 Å². The molecular weight excluding hydrogens is 371 g/mol. The number of halogens is 3. The largest absolute Gasteiger partial charge is 0.484 e. The second-order valence-electron chi connectivity index (χ2n) is 6.13. The molecular formula is C17H14F3NO6. The zero-order valence-electron chi connectivity index (χ0n) is 13.7. The number of fused-ring (bicyclic) bond motifs is 1. The molecule has 1 fully saturated rings. The van der Waals surface area contributed by atoms with Crippen molar-refractivity contribution in [2.24, 2.45) is 11.8 Å². The van der Waals surface area contributed by atoms with Crippen LogP contribution in [0.5, 0.6) is 5.75 Å². The van der Waals surface area contributed by atoms with E-state index in [-0.39, 0.29) is 11.3 Å². The molecule has 1 aliphatic heterocycles. The lowest BCUT2D eigenvalue weighted by Gasteiger charge is -2.18. The molecule has 0 saturated carbocycles. The Hall–Kier alpha value is -3.04. The molecule has 2 atom stereocenters. The molecule has 0 bridgehead atoms. The normalized spacial score (nSPS) is 20.0. The molecule has 27 heavy (non-hydrogen) atoms. The van der Waals surface area contributed by atoms with Gasteiger partial charge in [-0.2, -0.15) is 13.2 Å². The van der Waals surface area contributed by atoms with Crippen molar-refractivity contribution in [1.29, 1.82) is 0 Å². The summed E-state index contributed by atoms with van der Waals surface area (Å²) in [6.07, 6.45) is -4.71. The van der Waals surface area contributed by atoms with Crippen LogP contribution < -0.4 is 10.4 Å². The highest BCUT2D eigenvalue weighted by Gasteiger charge is 2.53. The smallest absolute Gasteiger partial charge is 0.394 e. The lowest BCUT2D eigenvalue weighted by Crippen LogP contribution is -2.35. The van der Waals surface area contributed by atoms with Gasteiger partial charge in [0.2, 0.25) is 0 Å². The number of nitrogens with zero attached hydrogens (tertiary/aromatic N) is 1. The fraction of sp³-hybridized carbons (Fsp3) is 0.353. The number of ether oxygens (including phenoxy) is 1. The van der Waals surface area contributed by atoms with Crippen molar-refractivity contribution in [3.63, 3.8) is 0 Å². The summed E-state index contributed by atoms with van der Waals surface area (Å²) in [6.45, 7) is -1.83. The standard InChI is InChI=1S/C17H14F3NO6/c18-17(19,20)12-7-21(6-11(12)16(24)25)14(22)8-26-10-3-1-9-2-4-15(23)27-13(9)5-10/h1-5,11-12H,6-8H2,(H,24,25)/t11-,12-/m1/s1. The van der Waals surface area contributed by atoms with Crippen LogP contribution in [0.25, 0.3) is 11.0 Å². The first-order valence-electron chi connectivity index (χ1n) is 7.89. The van der Waals surface area contributed by atoms with Crippen molar-refractivity contribution in [3.05, 3.63) is 40.8 Å². The Balaban J connectivity index is 1.67. The van der Waals surface area contributed by atoms with Crippen molar-refractivity contribution < 1.29 is 37.0 Å². The van der Waals surface area contributed by atoms with E-state index in [2.05, 4.69) is 0 Å². The molecule has 1 N–H and O–H groups in total. The topological polar surface area (TPSA) is 97.0 Å². The first-order chi connectivity index (χ1) is 12.6. The minimum Gasteiger partial charge on any atom is -0.484 e. The Bertz CT molecular complexity index is 938. The molecule has 1 aromatic carbocycles. The van der Waals surface area contributed by atoms with Crippen molar-refractivity contribution >= 4 is 22.8 Å². The Labute approximate surface area is 149 Å². The lowest BCUT2D eigenvalue weighted by molar-refractivity contribution is -0.188. The maximum Gasteiger partial charge on any atom is 0.394 e. The van der Waals surface area contributed by atoms with Crippen LogP contribution in [0.15, 0.2) is 39.5 Å². The van der Waals surface area contributed by atoms with Gasteiger partial charge in [0.1, 0.15) is 11.3 Å². The van der Waals surface area contributed by atoms with Gasteiger partial charge in [-0.05, 0) is 18.2 Å². The number of aliphatic carboxylic acids is 1. The summed E-state index contributed by atoms with van der Waals surface area (Å²) in [5.74, 6) is -6.00. The van der Waals surface area contributed by atoms with Crippen LogP contribution in [0.3, 0.4) is 0 Å². The third-order valence-corrected chi connectivity index (χ3v) is 4.37. The van der Waals surface area contributed by atoms with Crippen LogP contribution >= 0.6 is 0 Å². The molecule has 1 amide bonds. The minimum absolute atomic E-state index is 0.187. The minimum atomic E-state index is -4.71. The van der Waals surface area contributed by atoms with Crippen molar-refractivity contribution in [1.82, 2.24) is 4.90 Å². The number of likely N-dealkylation sites (tertiary alicyclic amines) is 1. The highest BCUT2D eigenvalue weighted by molar-refractivity contribution is 5.81. The number of carboxylic acids is 1. The molecule has 0 radical (unpaired) electrons. The Morgan fingerprint density at radius 1 is 1.22 bits per heavy atom. The maximum atomic E-state index is 13.0. The molecule has 0 spiro atoms. The van der Waals surface area contributed by atoms with E-state index >= 15 is 0 Å². The van der Waals surface area contributed by atoms with E-state index in [1.165, 1.54) is 18.2 Å². The van der Waals surface area contributed by atoms with Crippen LogP contribution in [0, 0.1) is 11.8 Å². The number of hydrogen-bond donors (Lipinski definition) is 1. The zero-order chi connectivity index (χ0) is 19.8. The van der Waals surface area contributed by atoms with E-state index in [1.807, 2.05) is 0 Å². The molecule has 2 heterocycles. The van der Waals surface area contributed by atoms with Crippen LogP contribution in [-0.2, 0) is 9.59 Å². The Morgan fingerprint density at radius 3 is 2.56 bits per heavy atom. The third kappa shape index (κ3) is 4.04. The number of alkyl halides is 3. The molecule has 1 aromatic heterocycles. The van der Waals surface area contributed by atoms with E-state index in [4.69, 9.17) is 14.3 Å². The second-order valence-corrected chi connectivity index (χ2v) is 6.13. The fourth-order valence-electron chi connectivity index (χ4n) is 2.96. The lowest BCUT2D eigenvalue weighted by atomic mass is 9.96. The third-order valence-electron chi connectivity index (χ3n) is 4.37. The average Bonchev–Trinajstić information content (AvgIpc) is 3.05. The predicted molar refractivity (Wildman–Crippen MR) is 85.2 cm³/mol. The number of carboxylic acid groups (broad SMARTS) is 1. The number of carbonyl (C=O) groups is 2. The van der Waals surface area contributed by atoms with Crippen molar-refractivity contribution in [2.75, 3.05) is 19.7 Å². The van der Waals surface area contributed by atoms with Gasteiger partial charge in [0.15, 0.2) is 6.61 Å². The first kappa shape index (κ1) is 18.7. The van der Waals surface area contributed by atoms with Crippen LogP contribution in [0.2, 0.25) is 0 Å². The molecule has 2 aromatic rings. The van der Waals surface area contributed by atoms with E-state index in [1.54, 1.807) is 12.1 Å². The Kier molecular flexibility index (Phi) is 4.81. The van der Waals surface area contributed by atoms with Gasteiger partial charge in [-0.1, -0.05) is 0 Å². The van der Waals surface area contributed by atoms with Gasteiger partial charge in [0.25, 0.3) is 5.91 Å². The van der Waals surface area contributed by atoms with Crippen molar-refractivity contribution in [2.45, 2.75) is 6.18 Å². The van der Waals surface area contributed by atoms with Crippen LogP contribution in [0.1, 0.15) is 0 Å². The molecule has 1 aliphatic rings. The molecule has 144 valence electrons. The van der Waals surface area contributed by atoms with Crippen molar-refractivity contribution in [3.8, 4) is 5.75 Å². The summed E-state index contributed by atoms with van der Waals surface area (Å²) < 4.78 is 49.2. The summed E-state index contributed by atoms with van der Waals surface area (Å²) in [5.41, 5.74) is -0.331. The number of hydrogen-bond acceptors (Lipinski definition) is 5. The first-order valence-corrected chi connectivity index (χ1v) is 7.89. The van der Waals surface area contributed by atoms with Gasteiger partial charge in [0, 0.05) is 30.6 Å². The van der Waals surface area contributed by atoms with Gasteiger partial charge < -0.3 is 19.2 Å². The summed E-state index contributed by atoms with van der Waals surface area (Å²) in [5, 5.41) is 9.60. The number of benzene rings is 1. The molecule has 3 rings (SSSR count). The summed E-state index contributed by atoms with van der Waals surface area (Å²) in [6, 6.07) is 7.28. The predicted octanol–water partition coefficient (Wildman–Crippen LogP) is 1.89. The average molecular weight is 385 g/mol. The van der Waals surface area contributed by atoms with E-state index in [9.17, 15) is 27.6 Å². The quantitative estimate of drug-likeness (QED) is 0.808. The number of rotatable bonds is 4. The highest BCUT2D eigenvalue weighted by Crippen LogP contribution is 2.37. The zero-order valence-corrected chi connectivity index (χ0v) is 13.7. The summed E-state index contributed by atoms with van der Waals surface area (Å²) in [4.78, 5) is 35.3. The number of amides is 1. The van der Waals surface area contributed by atoms with Gasteiger partial charge in [-0.3, -0.25) is 9.59 Å². The molecule has 1 saturated heterocycles. The van der Waals surface area contributed by atoms with E-state index in [0.29, 0.717) is 5.39 Å². The van der Waals surface area contributed by atoms with E-state index < -0.39 is 55.2 Å². The van der Waals surface area contributed by atoms with Crippen LogP contribution in [-0.4, -0.2) is 47.8 Å². The monoisotopic (exact) mass is 385 g/mol. The molecule has 10 heteroatoms. The number of carbonyl (C=O) groups excluding carboxylic acids is 1. The van der Waals surface area contributed by atoms with E-state index in [0.717, 1.165) is 4.90 Å². The molecule has 7 nitrogen and oxygen atoms in total. The molecule has 0 unspecified atom stereocenters. The fourth-order valence-corrected chi connectivity index (χ4v) is 2.96. The summed E-state index contributed by atoms with van der Waals surface area (Å²) in [7, 11) is 0. The maximum absolute atomic E-state index is 13.0. The second kappa shape index (κ2) is 6.93.